The van der Waals surface area contributed by atoms with Gasteiger partial charge in [0.05, 0.1) is 47.9 Å². The smallest absolute Gasteiger partial charge is 0.443 e. The summed E-state index contributed by atoms with van der Waals surface area (Å²) < 4.78 is 23.6. The molecule has 0 radical (unpaired) electrons. The number of fused-ring (bicyclic) bond motifs is 1. The van der Waals surface area contributed by atoms with Gasteiger partial charge in [0, 0.05) is 12.5 Å². The number of pyridine rings is 1. The Labute approximate surface area is 235 Å². The number of nitrogens with one attached hydrogen (secondary N) is 1. The molecule has 1 unspecified atom stereocenters. The number of carbonyl (C=O) groups is 2. The van der Waals surface area contributed by atoms with Gasteiger partial charge in [-0.2, -0.15) is 0 Å². The minimum absolute atomic E-state index is 0.0218. The van der Waals surface area contributed by atoms with E-state index in [1.807, 2.05) is 45.9 Å². The Kier molecular flexibility index (Phi) is 7.23. The molecule has 0 bridgehead atoms. The van der Waals surface area contributed by atoms with Crippen LogP contribution < -0.4 is 10.8 Å². The maximum absolute atomic E-state index is 13.7. The number of hydrogen-bond acceptors (Lipinski definition) is 9. The number of aliphatic hydroxyl groups excluding tert-OH is 1. The Morgan fingerprint density at radius 3 is 2.48 bits per heavy atom. The zero-order valence-electron chi connectivity index (χ0n) is 24.3. The molecule has 2 saturated heterocycles. The lowest BCUT2D eigenvalue weighted by atomic mass is 9.74. The Morgan fingerprint density at radius 1 is 1.18 bits per heavy atom. The van der Waals surface area contributed by atoms with Gasteiger partial charge in [-0.1, -0.05) is 12.1 Å². The van der Waals surface area contributed by atoms with Crippen molar-refractivity contribution < 1.29 is 33.5 Å². The van der Waals surface area contributed by atoms with Gasteiger partial charge in [0.1, 0.15) is 11.4 Å². The average Bonchev–Trinajstić information content (AvgIpc) is 3.55. The fourth-order valence-corrected chi connectivity index (χ4v) is 5.20. The van der Waals surface area contributed by atoms with Gasteiger partial charge < -0.3 is 29.2 Å². The highest BCUT2D eigenvalue weighted by atomic mass is 16.7. The van der Waals surface area contributed by atoms with Crippen molar-refractivity contribution in [1.29, 1.82) is 0 Å². The van der Waals surface area contributed by atoms with Crippen molar-refractivity contribution in [3.05, 3.63) is 46.6 Å². The second-order valence-corrected chi connectivity index (χ2v) is 12.6. The van der Waals surface area contributed by atoms with Crippen molar-refractivity contribution >= 4 is 36.1 Å². The topological polar surface area (TPSA) is 119 Å². The normalized spacial score (nSPS) is 21.6. The second-order valence-electron chi connectivity index (χ2n) is 12.6. The highest BCUT2D eigenvalue weighted by molar-refractivity contribution is 6.63. The SMILES string of the molecule is CC(C)(C)OC(=O)N1Cc2c(B3OC(C)(C)C(C)(C)O3)ccc(Nc3ccc(C4CCOC4)c(CO)n3)c2C1=O. The molecule has 1 atom stereocenters. The van der Waals surface area contributed by atoms with E-state index in [1.54, 1.807) is 26.8 Å². The number of aliphatic hydroxyl groups is 1. The maximum Gasteiger partial charge on any atom is 0.495 e. The molecule has 4 heterocycles. The number of aromatic nitrogens is 1. The van der Waals surface area contributed by atoms with E-state index < -0.39 is 35.9 Å². The van der Waals surface area contributed by atoms with Gasteiger partial charge in [0.2, 0.25) is 0 Å². The van der Waals surface area contributed by atoms with Crippen LogP contribution in [0.5, 0.6) is 0 Å². The van der Waals surface area contributed by atoms with E-state index in [2.05, 4.69) is 10.3 Å². The summed E-state index contributed by atoms with van der Waals surface area (Å²) >= 11 is 0. The molecule has 0 aliphatic carbocycles. The number of benzene rings is 1. The van der Waals surface area contributed by atoms with Crippen LogP contribution in [-0.4, -0.2) is 64.1 Å². The zero-order valence-corrected chi connectivity index (χ0v) is 24.3. The predicted octanol–water partition coefficient (Wildman–Crippen LogP) is 4.01. The van der Waals surface area contributed by atoms with Crippen molar-refractivity contribution in [3.8, 4) is 0 Å². The Morgan fingerprint density at radius 2 is 1.88 bits per heavy atom. The third-order valence-electron chi connectivity index (χ3n) is 8.04. The fraction of sp³-hybridized carbons (Fsp3) is 0.552. The first-order valence-corrected chi connectivity index (χ1v) is 13.7. The summed E-state index contributed by atoms with van der Waals surface area (Å²) in [5, 5.41) is 13.3. The first kappa shape index (κ1) is 28.5. The summed E-state index contributed by atoms with van der Waals surface area (Å²) in [6, 6.07) is 7.39. The number of imide groups is 1. The number of rotatable bonds is 5. The molecule has 40 heavy (non-hydrogen) atoms. The highest BCUT2D eigenvalue weighted by Crippen LogP contribution is 2.39. The van der Waals surface area contributed by atoms with Gasteiger partial charge in [0.25, 0.3) is 5.91 Å². The van der Waals surface area contributed by atoms with Gasteiger partial charge in [-0.25, -0.2) is 14.7 Å². The molecule has 2 fully saturated rings. The monoisotopic (exact) mass is 551 g/mol. The maximum atomic E-state index is 13.7. The minimum atomic E-state index is -0.765. The molecule has 0 spiro atoms. The van der Waals surface area contributed by atoms with Crippen LogP contribution >= 0.6 is 0 Å². The summed E-state index contributed by atoms with van der Waals surface area (Å²) in [5.74, 6) is 0.184. The van der Waals surface area contributed by atoms with Crippen LogP contribution in [0.2, 0.25) is 0 Å². The second kappa shape index (κ2) is 10.1. The zero-order chi connectivity index (χ0) is 29.0. The van der Waals surface area contributed by atoms with E-state index in [9.17, 15) is 14.7 Å². The largest absolute Gasteiger partial charge is 0.495 e. The van der Waals surface area contributed by atoms with Crippen LogP contribution in [0.25, 0.3) is 0 Å². The molecule has 2 N–H and O–H groups in total. The van der Waals surface area contributed by atoms with Crippen molar-refractivity contribution in [2.24, 2.45) is 0 Å². The van der Waals surface area contributed by atoms with Crippen LogP contribution in [0.1, 0.15) is 88.0 Å². The van der Waals surface area contributed by atoms with Crippen molar-refractivity contribution in [1.82, 2.24) is 9.88 Å². The van der Waals surface area contributed by atoms with Gasteiger partial charge in [-0.15, -0.1) is 0 Å². The van der Waals surface area contributed by atoms with Crippen LogP contribution in [0.4, 0.5) is 16.3 Å². The van der Waals surface area contributed by atoms with Gasteiger partial charge in [0.15, 0.2) is 0 Å². The molecule has 1 aromatic carbocycles. The molecule has 214 valence electrons. The number of anilines is 2. The van der Waals surface area contributed by atoms with Crippen LogP contribution in [0.15, 0.2) is 24.3 Å². The number of hydrogen-bond donors (Lipinski definition) is 2. The molecular weight excluding hydrogens is 513 g/mol. The highest BCUT2D eigenvalue weighted by Gasteiger charge is 2.53. The first-order chi connectivity index (χ1) is 18.7. The molecule has 3 aliphatic heterocycles. The van der Waals surface area contributed by atoms with Crippen molar-refractivity contribution in [2.45, 2.75) is 90.8 Å². The molecule has 5 rings (SSSR count). The number of nitrogens with zero attached hydrogens (tertiary/aromatic N) is 2. The molecule has 1 aromatic heterocycles. The minimum Gasteiger partial charge on any atom is -0.443 e. The summed E-state index contributed by atoms with van der Waals surface area (Å²) in [4.78, 5) is 32.5. The number of carbonyl (C=O) groups excluding carboxylic acids is 2. The van der Waals surface area contributed by atoms with E-state index >= 15 is 0 Å². The average molecular weight is 551 g/mol. The van der Waals surface area contributed by atoms with Crippen LogP contribution in [-0.2, 0) is 31.9 Å². The van der Waals surface area contributed by atoms with Gasteiger partial charge in [-0.05, 0) is 83.6 Å². The number of ether oxygens (including phenoxy) is 2. The summed E-state index contributed by atoms with van der Waals surface area (Å²) in [6.07, 6.45) is 0.160. The van der Waals surface area contributed by atoms with E-state index in [0.29, 0.717) is 47.0 Å². The van der Waals surface area contributed by atoms with Gasteiger partial charge >= 0.3 is 13.2 Å². The molecule has 2 amide bonds. The molecule has 3 aliphatic rings. The molecule has 0 saturated carbocycles. The lowest BCUT2D eigenvalue weighted by Crippen LogP contribution is -2.41. The van der Waals surface area contributed by atoms with Crippen molar-refractivity contribution in [2.75, 3.05) is 18.5 Å². The first-order valence-electron chi connectivity index (χ1n) is 13.7. The van der Waals surface area contributed by atoms with E-state index in [1.165, 1.54) is 0 Å². The molecule has 11 heteroatoms. The fourth-order valence-electron chi connectivity index (χ4n) is 5.20. The predicted molar refractivity (Wildman–Crippen MR) is 150 cm³/mol. The molecule has 2 aromatic rings. The van der Waals surface area contributed by atoms with Crippen LogP contribution in [0, 0.1) is 0 Å². The van der Waals surface area contributed by atoms with Crippen molar-refractivity contribution in [3.63, 3.8) is 0 Å². The summed E-state index contributed by atoms with van der Waals surface area (Å²) in [6.45, 7) is 14.2. The summed E-state index contributed by atoms with van der Waals surface area (Å²) in [5.41, 5.74) is 1.72. The molecular formula is C29H38BN3O7. The number of amides is 2. The van der Waals surface area contributed by atoms with E-state index in [-0.39, 0.29) is 19.1 Å². The third-order valence-corrected chi connectivity index (χ3v) is 8.04. The molecule has 10 nitrogen and oxygen atoms in total. The Balaban J connectivity index is 1.52. The Bertz CT molecular complexity index is 1320. The lowest BCUT2D eigenvalue weighted by molar-refractivity contribution is 0.00578. The quantitative estimate of drug-likeness (QED) is 0.532. The Hall–Kier alpha value is -2.99. The van der Waals surface area contributed by atoms with E-state index in [0.717, 1.165) is 16.9 Å². The standard InChI is InChI=1S/C29H38BN3O7/c1-27(2,3)38-26(36)33-14-19-20(30-39-28(4,5)29(6,7)40-30)9-10-21(24(19)25(33)35)31-23-11-8-18(22(15-34)32-23)17-12-13-37-16-17/h8-11,17,34H,12-16H2,1-7H3,(H,31,32). The van der Waals surface area contributed by atoms with Crippen LogP contribution in [0.3, 0.4) is 0 Å². The lowest BCUT2D eigenvalue weighted by Gasteiger charge is -2.32. The van der Waals surface area contributed by atoms with Gasteiger partial charge in [-0.3, -0.25) is 4.79 Å². The summed E-state index contributed by atoms with van der Waals surface area (Å²) in [7, 11) is -0.716. The van der Waals surface area contributed by atoms with E-state index in [4.69, 9.17) is 18.8 Å². The third kappa shape index (κ3) is 5.23.